The van der Waals surface area contributed by atoms with E-state index in [2.05, 4.69) is 0 Å². The Kier molecular flexibility index (Phi) is 4.70. The van der Waals surface area contributed by atoms with Gasteiger partial charge in [-0.05, 0) is 0 Å². The van der Waals surface area contributed by atoms with Gasteiger partial charge in [0.1, 0.15) is 18.8 Å². The minimum atomic E-state index is -0.460. The number of ether oxygens (including phenoxy) is 4. The summed E-state index contributed by atoms with van der Waals surface area (Å²) in [5.74, 6) is -0.788. The molecule has 1 saturated heterocycles. The summed E-state index contributed by atoms with van der Waals surface area (Å²) in [6.45, 7) is 2.69. The average Bonchev–Trinajstić information content (AvgIpc) is 2.56. The van der Waals surface area contributed by atoms with Crippen LogP contribution >= 0.6 is 0 Å². The van der Waals surface area contributed by atoms with Crippen molar-refractivity contribution in [1.29, 1.82) is 0 Å². The van der Waals surface area contributed by atoms with E-state index in [1.807, 2.05) is 0 Å². The van der Waals surface area contributed by atoms with E-state index in [-0.39, 0.29) is 6.61 Å². The highest BCUT2D eigenvalue weighted by molar-refractivity contribution is 5.66. The van der Waals surface area contributed by atoms with Crippen LogP contribution in [0.3, 0.4) is 0 Å². The third-order valence-electron chi connectivity index (χ3n) is 2.20. The second-order valence-corrected chi connectivity index (χ2v) is 3.53. The van der Waals surface area contributed by atoms with Gasteiger partial charge in [0.25, 0.3) is 0 Å². The molecule has 0 spiro atoms. The molecular formula is C10H16O6. The number of esters is 2. The third-order valence-corrected chi connectivity index (χ3v) is 2.20. The third kappa shape index (κ3) is 3.79. The maximum absolute atomic E-state index is 10.9. The number of rotatable bonds is 4. The van der Waals surface area contributed by atoms with Gasteiger partial charge in [-0.1, -0.05) is 0 Å². The van der Waals surface area contributed by atoms with Crippen LogP contribution in [0, 0.1) is 0 Å². The molecule has 6 nitrogen and oxygen atoms in total. The fourth-order valence-electron chi connectivity index (χ4n) is 1.51. The Morgan fingerprint density at radius 3 is 2.50 bits per heavy atom. The van der Waals surface area contributed by atoms with Crippen molar-refractivity contribution >= 4 is 11.9 Å². The molecule has 0 aromatic heterocycles. The second kappa shape index (κ2) is 5.81. The summed E-state index contributed by atoms with van der Waals surface area (Å²) in [5.41, 5.74) is 0. The summed E-state index contributed by atoms with van der Waals surface area (Å²) in [5, 5.41) is 0. The molecule has 1 aliphatic rings. The van der Waals surface area contributed by atoms with Gasteiger partial charge in [-0.15, -0.1) is 0 Å². The maximum Gasteiger partial charge on any atom is 0.303 e. The van der Waals surface area contributed by atoms with Crippen molar-refractivity contribution in [1.82, 2.24) is 0 Å². The van der Waals surface area contributed by atoms with Crippen molar-refractivity contribution < 1.29 is 28.5 Å². The summed E-state index contributed by atoms with van der Waals surface area (Å²) >= 11 is 0. The van der Waals surface area contributed by atoms with Crippen LogP contribution in [0.25, 0.3) is 0 Å². The summed E-state index contributed by atoms with van der Waals surface area (Å²) in [4.78, 5) is 21.5. The van der Waals surface area contributed by atoms with E-state index in [1.54, 1.807) is 0 Å². The molecule has 1 fully saturated rings. The maximum atomic E-state index is 10.9. The molecule has 6 heteroatoms. The summed E-state index contributed by atoms with van der Waals surface area (Å²) in [6.07, 6.45) is -0.869. The lowest BCUT2D eigenvalue weighted by atomic mass is 10.2. The fourth-order valence-corrected chi connectivity index (χ4v) is 1.51. The van der Waals surface area contributed by atoms with Crippen molar-refractivity contribution in [3.05, 3.63) is 0 Å². The minimum absolute atomic E-state index is 0.0626. The van der Waals surface area contributed by atoms with Gasteiger partial charge in [0.2, 0.25) is 0 Å². The monoisotopic (exact) mass is 232 g/mol. The molecular weight excluding hydrogens is 216 g/mol. The zero-order valence-corrected chi connectivity index (χ0v) is 9.60. The fraction of sp³-hybridized carbons (Fsp3) is 0.800. The molecule has 0 bridgehead atoms. The van der Waals surface area contributed by atoms with Gasteiger partial charge in [-0.25, -0.2) is 0 Å². The lowest BCUT2D eigenvalue weighted by Gasteiger charge is -2.17. The van der Waals surface area contributed by atoms with Gasteiger partial charge < -0.3 is 18.9 Å². The summed E-state index contributed by atoms with van der Waals surface area (Å²) in [6, 6.07) is 0. The number of hydrogen-bond acceptors (Lipinski definition) is 6. The van der Waals surface area contributed by atoms with Crippen molar-refractivity contribution in [3.63, 3.8) is 0 Å². The molecule has 1 heterocycles. The van der Waals surface area contributed by atoms with Crippen LogP contribution in [0.2, 0.25) is 0 Å². The van der Waals surface area contributed by atoms with E-state index in [0.717, 1.165) is 0 Å². The Balaban J connectivity index is 2.49. The zero-order chi connectivity index (χ0) is 12.1. The van der Waals surface area contributed by atoms with Crippen LogP contribution in [0.5, 0.6) is 0 Å². The van der Waals surface area contributed by atoms with Crippen LogP contribution in [0.1, 0.15) is 20.3 Å². The quantitative estimate of drug-likeness (QED) is 0.647. The minimum Gasteiger partial charge on any atom is -0.463 e. The molecule has 0 radical (unpaired) electrons. The van der Waals surface area contributed by atoms with Crippen LogP contribution in [-0.2, 0) is 28.5 Å². The van der Waals surface area contributed by atoms with E-state index >= 15 is 0 Å². The number of carbonyl (C=O) groups excluding carboxylic acids is 2. The van der Waals surface area contributed by atoms with Crippen LogP contribution < -0.4 is 0 Å². The molecule has 1 aliphatic heterocycles. The number of methoxy groups -OCH3 is 1. The van der Waals surface area contributed by atoms with Crippen molar-refractivity contribution in [2.75, 3.05) is 13.7 Å². The summed E-state index contributed by atoms with van der Waals surface area (Å²) in [7, 11) is 1.50. The van der Waals surface area contributed by atoms with Crippen LogP contribution in [-0.4, -0.2) is 44.2 Å². The molecule has 3 atom stereocenters. The SMILES string of the molecule is COC1C[C@H](OC(C)=O)[C@@H](COC(C)=O)O1. The lowest BCUT2D eigenvalue weighted by Crippen LogP contribution is -2.31. The topological polar surface area (TPSA) is 71.1 Å². The second-order valence-electron chi connectivity index (χ2n) is 3.53. The van der Waals surface area contributed by atoms with E-state index in [1.165, 1.54) is 21.0 Å². The average molecular weight is 232 g/mol. The predicted molar refractivity (Wildman–Crippen MR) is 52.5 cm³/mol. The zero-order valence-electron chi connectivity index (χ0n) is 9.60. The van der Waals surface area contributed by atoms with E-state index < -0.39 is 30.4 Å². The Morgan fingerprint density at radius 1 is 1.31 bits per heavy atom. The molecule has 16 heavy (non-hydrogen) atoms. The van der Waals surface area contributed by atoms with Gasteiger partial charge in [0.15, 0.2) is 6.29 Å². The van der Waals surface area contributed by atoms with Crippen LogP contribution in [0.4, 0.5) is 0 Å². The Bertz CT molecular complexity index is 264. The predicted octanol–water partition coefficient (Wildman–Crippen LogP) is 0.243. The largest absolute Gasteiger partial charge is 0.463 e. The highest BCUT2D eigenvalue weighted by Gasteiger charge is 2.38. The Morgan fingerprint density at radius 2 is 2.00 bits per heavy atom. The van der Waals surface area contributed by atoms with Crippen molar-refractivity contribution in [2.24, 2.45) is 0 Å². The van der Waals surface area contributed by atoms with Crippen molar-refractivity contribution in [2.45, 2.75) is 38.8 Å². The molecule has 0 N–H and O–H groups in total. The molecule has 0 aromatic carbocycles. The first-order valence-corrected chi connectivity index (χ1v) is 5.01. The van der Waals surface area contributed by atoms with Crippen LogP contribution in [0.15, 0.2) is 0 Å². The molecule has 0 amide bonds. The summed E-state index contributed by atoms with van der Waals surface area (Å²) < 4.78 is 20.3. The molecule has 0 aliphatic carbocycles. The van der Waals surface area contributed by atoms with Gasteiger partial charge in [0.05, 0.1) is 0 Å². The Hall–Kier alpha value is -1.14. The molecule has 0 saturated carbocycles. The first kappa shape index (κ1) is 12.9. The normalized spacial score (nSPS) is 28.8. The molecule has 1 unspecified atom stereocenters. The standard InChI is InChI=1S/C10H16O6/c1-6(11)14-5-9-8(15-7(2)12)4-10(13-3)16-9/h8-10H,4-5H2,1-3H3/t8-,9+,10?/m0/s1. The highest BCUT2D eigenvalue weighted by Crippen LogP contribution is 2.24. The molecule has 1 rings (SSSR count). The smallest absolute Gasteiger partial charge is 0.303 e. The number of hydrogen-bond donors (Lipinski definition) is 0. The van der Waals surface area contributed by atoms with Crippen molar-refractivity contribution in [3.8, 4) is 0 Å². The van der Waals surface area contributed by atoms with Gasteiger partial charge in [0, 0.05) is 27.4 Å². The van der Waals surface area contributed by atoms with E-state index in [0.29, 0.717) is 6.42 Å². The number of carbonyl (C=O) groups is 2. The van der Waals surface area contributed by atoms with E-state index in [9.17, 15) is 9.59 Å². The highest BCUT2D eigenvalue weighted by atomic mass is 16.7. The lowest BCUT2D eigenvalue weighted by molar-refractivity contribution is -0.161. The molecule has 92 valence electrons. The van der Waals surface area contributed by atoms with Gasteiger partial charge in [-0.3, -0.25) is 9.59 Å². The van der Waals surface area contributed by atoms with Gasteiger partial charge in [-0.2, -0.15) is 0 Å². The molecule has 0 aromatic rings. The van der Waals surface area contributed by atoms with E-state index in [4.69, 9.17) is 18.9 Å². The first-order valence-electron chi connectivity index (χ1n) is 5.01. The first-order chi connectivity index (χ1) is 7.52. The Labute approximate surface area is 93.8 Å². The van der Waals surface area contributed by atoms with Gasteiger partial charge >= 0.3 is 11.9 Å².